The number of allylic oxidation sites excluding steroid dienone is 1. The predicted octanol–water partition coefficient (Wildman–Crippen LogP) is 1.49. The Morgan fingerprint density at radius 3 is 1.28 bits per heavy atom. The topological polar surface area (TPSA) is 9.23 Å². The molecular formula is C22H22BrOP. The molecule has 0 aromatic heterocycles. The summed E-state index contributed by atoms with van der Waals surface area (Å²) in [5.41, 5.74) is 0. The van der Waals surface area contributed by atoms with Gasteiger partial charge < -0.3 is 21.7 Å². The third-order valence-electron chi connectivity index (χ3n) is 4.19. The molecule has 0 aliphatic rings. The van der Waals surface area contributed by atoms with Crippen LogP contribution < -0.4 is 32.9 Å². The van der Waals surface area contributed by atoms with Crippen LogP contribution in [-0.4, -0.2) is 7.11 Å². The van der Waals surface area contributed by atoms with Crippen LogP contribution in [0.4, 0.5) is 0 Å². The van der Waals surface area contributed by atoms with E-state index < -0.39 is 7.26 Å². The predicted molar refractivity (Wildman–Crippen MR) is 106 cm³/mol. The van der Waals surface area contributed by atoms with Gasteiger partial charge in [0.25, 0.3) is 0 Å². The normalized spacial score (nSPS) is 11.5. The number of rotatable bonds is 5. The van der Waals surface area contributed by atoms with Crippen LogP contribution in [0.15, 0.2) is 103 Å². The van der Waals surface area contributed by atoms with Gasteiger partial charge in [-0.1, -0.05) is 54.6 Å². The lowest BCUT2D eigenvalue weighted by molar-refractivity contribution is -0.00000528. The zero-order chi connectivity index (χ0) is 16.8. The molecule has 0 saturated heterocycles. The summed E-state index contributed by atoms with van der Waals surface area (Å²) in [5.74, 6) is 3.27. The average molecular weight is 413 g/mol. The monoisotopic (exact) mass is 412 g/mol. The van der Waals surface area contributed by atoms with E-state index in [-0.39, 0.29) is 17.0 Å². The Bertz CT molecular complexity index is 705. The van der Waals surface area contributed by atoms with E-state index in [2.05, 4.69) is 96.8 Å². The minimum absolute atomic E-state index is 0. The fraction of sp³-hybridized carbons (Fsp3) is 0.0909. The summed E-state index contributed by atoms with van der Waals surface area (Å²) in [6.45, 7) is 2.03. The van der Waals surface area contributed by atoms with Gasteiger partial charge in [0.15, 0.2) is 0 Å². The molecule has 0 atom stereocenters. The van der Waals surface area contributed by atoms with E-state index in [9.17, 15) is 0 Å². The van der Waals surface area contributed by atoms with Crippen LogP contribution in [0.1, 0.15) is 6.92 Å². The Balaban J connectivity index is 0.00000225. The Labute approximate surface area is 161 Å². The molecule has 25 heavy (non-hydrogen) atoms. The van der Waals surface area contributed by atoms with Gasteiger partial charge in [-0.3, -0.25) is 0 Å². The quantitative estimate of drug-likeness (QED) is 0.455. The first-order chi connectivity index (χ1) is 11.8. The SMILES string of the molecule is COC(C)=C[P+](c1ccccc1)(c1ccccc1)c1ccccc1.[Br-]. The second-order valence-electron chi connectivity index (χ2n) is 5.67. The standard InChI is InChI=1S/C22H22OP.BrH/c1-19(23-2)18-24(20-12-6-3-7-13-20,21-14-8-4-9-15-21)22-16-10-5-11-17-22;/h3-18H,1-2H3;1H/q+1;/p-1. The van der Waals surface area contributed by atoms with Gasteiger partial charge in [0.2, 0.25) is 0 Å². The molecule has 3 aromatic rings. The molecule has 3 rings (SSSR count). The number of hydrogen-bond donors (Lipinski definition) is 0. The second-order valence-corrected chi connectivity index (χ2v) is 8.93. The largest absolute Gasteiger partial charge is 1.00 e. The first-order valence-electron chi connectivity index (χ1n) is 8.06. The lowest BCUT2D eigenvalue weighted by atomic mass is 10.4. The van der Waals surface area contributed by atoms with Crippen LogP contribution in [0.3, 0.4) is 0 Å². The number of halogens is 1. The molecule has 0 N–H and O–H groups in total. The smallest absolute Gasteiger partial charge is 0.140 e. The van der Waals surface area contributed by atoms with Crippen molar-refractivity contribution in [2.24, 2.45) is 0 Å². The third kappa shape index (κ3) is 4.03. The van der Waals surface area contributed by atoms with Gasteiger partial charge in [-0.25, -0.2) is 0 Å². The average Bonchev–Trinajstić information content (AvgIpc) is 2.68. The molecule has 0 amide bonds. The van der Waals surface area contributed by atoms with E-state index in [1.54, 1.807) is 7.11 Å². The first kappa shape index (κ1) is 19.4. The minimum atomic E-state index is -1.91. The Hall–Kier alpha value is -1.89. The van der Waals surface area contributed by atoms with Gasteiger partial charge >= 0.3 is 0 Å². The maximum Gasteiger partial charge on any atom is 0.140 e. The fourth-order valence-corrected chi connectivity index (χ4v) is 6.91. The molecule has 0 saturated carbocycles. The van der Waals surface area contributed by atoms with Crippen LogP contribution in [0.2, 0.25) is 0 Å². The van der Waals surface area contributed by atoms with Gasteiger partial charge in [0, 0.05) is 0 Å². The lowest BCUT2D eigenvalue weighted by Crippen LogP contribution is -3.00. The van der Waals surface area contributed by atoms with Gasteiger partial charge in [0.1, 0.15) is 34.8 Å². The summed E-state index contributed by atoms with van der Waals surface area (Å²) >= 11 is 0. The van der Waals surface area contributed by atoms with Crippen molar-refractivity contribution in [2.75, 3.05) is 7.11 Å². The van der Waals surface area contributed by atoms with E-state index in [1.807, 2.05) is 6.92 Å². The van der Waals surface area contributed by atoms with Crippen LogP contribution >= 0.6 is 7.26 Å². The van der Waals surface area contributed by atoms with Gasteiger partial charge in [-0.2, -0.15) is 0 Å². The summed E-state index contributed by atoms with van der Waals surface area (Å²) in [5, 5.41) is 4.00. The second kappa shape index (κ2) is 8.99. The molecule has 0 bridgehead atoms. The highest BCUT2D eigenvalue weighted by Crippen LogP contribution is 2.57. The molecule has 0 heterocycles. The van der Waals surface area contributed by atoms with E-state index in [4.69, 9.17) is 4.74 Å². The third-order valence-corrected chi connectivity index (χ3v) is 8.28. The molecule has 0 radical (unpaired) electrons. The minimum Gasteiger partial charge on any atom is -1.00 e. The van der Waals surface area contributed by atoms with E-state index in [0.717, 1.165) is 5.76 Å². The summed E-state index contributed by atoms with van der Waals surface area (Å²) in [7, 11) is -0.175. The number of ether oxygens (including phenoxy) is 1. The highest BCUT2D eigenvalue weighted by molar-refractivity contribution is 7.98. The van der Waals surface area contributed by atoms with Crippen molar-refractivity contribution >= 4 is 23.2 Å². The molecule has 0 aliphatic heterocycles. The fourth-order valence-electron chi connectivity index (χ4n) is 2.99. The van der Waals surface area contributed by atoms with Crippen LogP contribution in [0, 0.1) is 0 Å². The summed E-state index contributed by atoms with van der Waals surface area (Å²) in [6.07, 6.45) is 0. The molecular weight excluding hydrogens is 391 g/mol. The summed E-state index contributed by atoms with van der Waals surface area (Å²) in [6, 6.07) is 32.3. The van der Waals surface area contributed by atoms with Crippen molar-refractivity contribution in [3.8, 4) is 0 Å². The van der Waals surface area contributed by atoms with E-state index in [0.29, 0.717) is 0 Å². The number of methoxy groups -OCH3 is 1. The van der Waals surface area contributed by atoms with Crippen molar-refractivity contribution < 1.29 is 21.7 Å². The van der Waals surface area contributed by atoms with E-state index >= 15 is 0 Å². The summed E-state index contributed by atoms with van der Waals surface area (Å²) in [4.78, 5) is 0. The number of hydrogen-bond acceptors (Lipinski definition) is 1. The molecule has 0 spiro atoms. The van der Waals surface area contributed by atoms with Gasteiger partial charge in [0.05, 0.1) is 7.11 Å². The maximum absolute atomic E-state index is 5.56. The Morgan fingerprint density at radius 1 is 0.680 bits per heavy atom. The molecule has 0 aliphatic carbocycles. The maximum atomic E-state index is 5.56. The van der Waals surface area contributed by atoms with Gasteiger partial charge in [-0.05, 0) is 43.3 Å². The molecule has 3 heteroatoms. The van der Waals surface area contributed by atoms with Gasteiger partial charge in [-0.15, -0.1) is 0 Å². The number of benzene rings is 3. The van der Waals surface area contributed by atoms with Crippen LogP contribution in [0.25, 0.3) is 0 Å². The lowest BCUT2D eigenvalue weighted by Gasteiger charge is -2.24. The molecule has 0 unspecified atom stereocenters. The Morgan fingerprint density at radius 2 is 1.00 bits per heavy atom. The molecule has 128 valence electrons. The van der Waals surface area contributed by atoms with Crippen molar-refractivity contribution in [3.05, 3.63) is 103 Å². The Kier molecular flexibility index (Phi) is 6.99. The molecule has 3 aromatic carbocycles. The zero-order valence-electron chi connectivity index (χ0n) is 14.5. The van der Waals surface area contributed by atoms with Crippen molar-refractivity contribution in [1.29, 1.82) is 0 Å². The highest BCUT2D eigenvalue weighted by atomic mass is 79.9. The van der Waals surface area contributed by atoms with Crippen LogP contribution in [-0.2, 0) is 4.74 Å². The highest BCUT2D eigenvalue weighted by Gasteiger charge is 2.44. The van der Waals surface area contributed by atoms with Crippen molar-refractivity contribution in [3.63, 3.8) is 0 Å². The van der Waals surface area contributed by atoms with Crippen LogP contribution in [0.5, 0.6) is 0 Å². The molecule has 1 nitrogen and oxygen atoms in total. The molecule has 0 fully saturated rings. The van der Waals surface area contributed by atoms with Crippen molar-refractivity contribution in [2.45, 2.75) is 6.92 Å². The van der Waals surface area contributed by atoms with Crippen molar-refractivity contribution in [1.82, 2.24) is 0 Å². The first-order valence-corrected chi connectivity index (χ1v) is 9.92. The van der Waals surface area contributed by atoms with E-state index in [1.165, 1.54) is 15.9 Å². The zero-order valence-corrected chi connectivity index (χ0v) is 17.0. The summed E-state index contributed by atoms with van der Waals surface area (Å²) < 4.78 is 5.56.